The Labute approximate surface area is 149 Å². The first kappa shape index (κ1) is 19.1. The summed E-state index contributed by atoms with van der Waals surface area (Å²) in [6.07, 6.45) is 8.37. The van der Waals surface area contributed by atoms with Gasteiger partial charge in [-0.2, -0.15) is 0 Å². The fraction of sp³-hybridized carbons (Fsp3) is 0.667. The number of carbonyl (C=O) groups excluding carboxylic acids is 2. The van der Waals surface area contributed by atoms with Gasteiger partial charge in [-0.25, -0.2) is 4.68 Å². The lowest BCUT2D eigenvalue weighted by molar-refractivity contribution is -0.122. The van der Waals surface area contributed by atoms with Crippen LogP contribution in [0.1, 0.15) is 68.9 Å². The molecule has 0 spiro atoms. The van der Waals surface area contributed by atoms with Crippen LogP contribution in [0.3, 0.4) is 0 Å². The van der Waals surface area contributed by atoms with Crippen molar-refractivity contribution in [3.63, 3.8) is 0 Å². The lowest BCUT2D eigenvalue weighted by atomic mass is 9.91. The largest absolute Gasteiger partial charge is 0.353 e. The van der Waals surface area contributed by atoms with E-state index in [1.54, 1.807) is 17.0 Å². The van der Waals surface area contributed by atoms with Gasteiger partial charge in [0.1, 0.15) is 0 Å². The Morgan fingerprint density at radius 3 is 2.72 bits per heavy atom. The molecule has 7 nitrogen and oxygen atoms in total. The molecule has 1 saturated carbocycles. The topological polar surface area (TPSA) is 88.9 Å². The second-order valence-corrected chi connectivity index (χ2v) is 7.09. The number of aromatic nitrogens is 3. The van der Waals surface area contributed by atoms with Crippen molar-refractivity contribution in [3.05, 3.63) is 24.5 Å². The fourth-order valence-corrected chi connectivity index (χ4v) is 2.96. The van der Waals surface area contributed by atoms with Gasteiger partial charge in [0.25, 0.3) is 5.91 Å². The van der Waals surface area contributed by atoms with Crippen LogP contribution in [-0.2, 0) is 4.79 Å². The zero-order valence-electron chi connectivity index (χ0n) is 15.2. The maximum absolute atomic E-state index is 12.0. The summed E-state index contributed by atoms with van der Waals surface area (Å²) in [6.45, 7) is 8.36. The van der Waals surface area contributed by atoms with E-state index >= 15 is 0 Å². The Hall–Kier alpha value is -2.18. The zero-order valence-corrected chi connectivity index (χ0v) is 15.2. The molecule has 1 heterocycles. The van der Waals surface area contributed by atoms with Gasteiger partial charge in [-0.1, -0.05) is 25.1 Å². The Kier molecular flexibility index (Phi) is 7.16. The summed E-state index contributed by atoms with van der Waals surface area (Å²) in [6, 6.07) is 0.464. The monoisotopic (exact) mass is 347 g/mol. The lowest BCUT2D eigenvalue weighted by Gasteiger charge is -2.28. The smallest absolute Gasteiger partial charge is 0.273 e. The summed E-state index contributed by atoms with van der Waals surface area (Å²) in [5, 5.41) is 14.0. The lowest BCUT2D eigenvalue weighted by Crippen LogP contribution is -2.37. The molecule has 0 aliphatic heterocycles. The second-order valence-electron chi connectivity index (χ2n) is 7.09. The number of allylic oxidation sites excluding steroid dienone is 1. The molecule has 1 aromatic heterocycles. The van der Waals surface area contributed by atoms with Crippen LogP contribution in [0.5, 0.6) is 0 Å². The van der Waals surface area contributed by atoms with Crippen LogP contribution in [0.25, 0.3) is 0 Å². The van der Waals surface area contributed by atoms with Crippen molar-refractivity contribution >= 4 is 11.8 Å². The molecular weight excluding hydrogens is 318 g/mol. The predicted octanol–water partition coefficient (Wildman–Crippen LogP) is 2.23. The molecule has 25 heavy (non-hydrogen) atoms. The van der Waals surface area contributed by atoms with E-state index in [1.807, 2.05) is 13.8 Å². The molecule has 0 aromatic carbocycles. The van der Waals surface area contributed by atoms with Crippen molar-refractivity contribution in [2.75, 3.05) is 6.54 Å². The van der Waals surface area contributed by atoms with E-state index in [-0.39, 0.29) is 23.9 Å². The second kappa shape index (κ2) is 9.34. The molecule has 138 valence electrons. The van der Waals surface area contributed by atoms with Crippen LogP contribution in [0, 0.1) is 5.92 Å². The average molecular weight is 347 g/mol. The molecule has 1 aliphatic rings. The molecule has 2 amide bonds. The zero-order chi connectivity index (χ0) is 18.2. The summed E-state index contributed by atoms with van der Waals surface area (Å²) < 4.78 is 1.79. The van der Waals surface area contributed by atoms with E-state index < -0.39 is 0 Å². The van der Waals surface area contributed by atoms with Crippen LogP contribution in [0.4, 0.5) is 0 Å². The summed E-state index contributed by atoms with van der Waals surface area (Å²) in [7, 11) is 0. The molecule has 0 bridgehead atoms. The van der Waals surface area contributed by atoms with Crippen molar-refractivity contribution < 1.29 is 9.59 Å². The van der Waals surface area contributed by atoms with E-state index in [0.717, 1.165) is 25.7 Å². The number of amides is 2. The standard InChI is InChI=1S/C18H29N5O2/c1-4-5-6-17(24)20-14-7-9-15(10-8-14)23-12-16(21-22-23)18(25)19-11-13(2)3/h4,12-15H,1,5-11H2,2-3H3,(H,19,25)(H,20,24). The highest BCUT2D eigenvalue weighted by Gasteiger charge is 2.25. The van der Waals surface area contributed by atoms with Gasteiger partial charge in [0.2, 0.25) is 5.91 Å². The number of nitrogens with one attached hydrogen (secondary N) is 2. The van der Waals surface area contributed by atoms with E-state index in [4.69, 9.17) is 0 Å². The quantitative estimate of drug-likeness (QED) is 0.706. The number of hydrogen-bond donors (Lipinski definition) is 2. The molecular formula is C18H29N5O2. The molecule has 0 radical (unpaired) electrons. The third kappa shape index (κ3) is 5.99. The number of carbonyl (C=O) groups is 2. The summed E-state index contributed by atoms with van der Waals surface area (Å²) in [5.41, 5.74) is 0.362. The predicted molar refractivity (Wildman–Crippen MR) is 96.1 cm³/mol. The van der Waals surface area contributed by atoms with Gasteiger partial charge < -0.3 is 10.6 Å². The fourth-order valence-electron chi connectivity index (χ4n) is 2.96. The van der Waals surface area contributed by atoms with Crippen molar-refractivity contribution in [2.45, 2.75) is 64.5 Å². The van der Waals surface area contributed by atoms with E-state index in [9.17, 15) is 9.59 Å². The SMILES string of the molecule is C=CCCC(=O)NC1CCC(n2cc(C(=O)NCC(C)C)nn2)CC1. The van der Waals surface area contributed by atoms with Gasteiger partial charge in [-0.05, 0) is 38.0 Å². The Morgan fingerprint density at radius 1 is 1.36 bits per heavy atom. The van der Waals surface area contributed by atoms with Crippen LogP contribution in [0.15, 0.2) is 18.9 Å². The highest BCUT2D eigenvalue weighted by Crippen LogP contribution is 2.28. The van der Waals surface area contributed by atoms with Crippen LogP contribution < -0.4 is 10.6 Å². The minimum absolute atomic E-state index is 0.0909. The Balaban J connectivity index is 1.80. The van der Waals surface area contributed by atoms with E-state index in [2.05, 4.69) is 27.5 Å². The van der Waals surface area contributed by atoms with Crippen LogP contribution in [-0.4, -0.2) is 39.4 Å². The molecule has 1 aromatic rings. The summed E-state index contributed by atoms with van der Waals surface area (Å²) in [5.74, 6) is 0.312. The number of nitrogens with zero attached hydrogens (tertiary/aromatic N) is 3. The van der Waals surface area contributed by atoms with Gasteiger partial charge in [-0.15, -0.1) is 11.7 Å². The first-order chi connectivity index (χ1) is 12.0. The minimum Gasteiger partial charge on any atom is -0.353 e. The van der Waals surface area contributed by atoms with Crippen LogP contribution in [0.2, 0.25) is 0 Å². The van der Waals surface area contributed by atoms with Crippen LogP contribution >= 0.6 is 0 Å². The molecule has 7 heteroatoms. The normalized spacial score (nSPS) is 20.3. The van der Waals surface area contributed by atoms with Gasteiger partial charge >= 0.3 is 0 Å². The summed E-state index contributed by atoms with van der Waals surface area (Å²) in [4.78, 5) is 23.8. The van der Waals surface area contributed by atoms with E-state index in [1.165, 1.54) is 0 Å². The van der Waals surface area contributed by atoms with Crippen molar-refractivity contribution in [3.8, 4) is 0 Å². The molecule has 0 atom stereocenters. The Morgan fingerprint density at radius 2 is 2.08 bits per heavy atom. The summed E-state index contributed by atoms with van der Waals surface area (Å²) >= 11 is 0. The molecule has 2 rings (SSSR count). The van der Waals surface area contributed by atoms with Gasteiger partial charge in [0.05, 0.1) is 12.2 Å². The van der Waals surface area contributed by atoms with Gasteiger partial charge in [0.15, 0.2) is 5.69 Å². The molecule has 1 fully saturated rings. The first-order valence-corrected chi connectivity index (χ1v) is 9.10. The van der Waals surface area contributed by atoms with Gasteiger partial charge in [0, 0.05) is 19.0 Å². The first-order valence-electron chi connectivity index (χ1n) is 9.10. The van der Waals surface area contributed by atoms with Crippen molar-refractivity contribution in [2.24, 2.45) is 5.92 Å². The van der Waals surface area contributed by atoms with Crippen molar-refractivity contribution in [1.29, 1.82) is 0 Å². The maximum atomic E-state index is 12.0. The highest BCUT2D eigenvalue weighted by molar-refractivity contribution is 5.91. The van der Waals surface area contributed by atoms with Crippen molar-refractivity contribution in [1.82, 2.24) is 25.6 Å². The third-order valence-electron chi connectivity index (χ3n) is 4.43. The molecule has 0 unspecified atom stereocenters. The van der Waals surface area contributed by atoms with Gasteiger partial charge in [-0.3, -0.25) is 9.59 Å². The molecule has 1 aliphatic carbocycles. The van der Waals surface area contributed by atoms with E-state index in [0.29, 0.717) is 31.0 Å². The minimum atomic E-state index is -0.178. The Bertz CT molecular complexity index is 588. The molecule has 2 N–H and O–H groups in total. The highest BCUT2D eigenvalue weighted by atomic mass is 16.2. The average Bonchev–Trinajstić information content (AvgIpc) is 3.08. The number of rotatable bonds is 8. The maximum Gasteiger partial charge on any atom is 0.273 e. The number of hydrogen-bond acceptors (Lipinski definition) is 4. The molecule has 0 saturated heterocycles. The third-order valence-corrected chi connectivity index (χ3v) is 4.43.